The summed E-state index contributed by atoms with van der Waals surface area (Å²) >= 11 is 0. The van der Waals surface area contributed by atoms with Gasteiger partial charge in [0.1, 0.15) is 25.0 Å². The maximum Gasteiger partial charge on any atom is 0.414 e. The second-order valence-electron chi connectivity index (χ2n) is 3.64. The minimum Gasteiger partial charge on any atom is -0.489 e. The molecule has 1 atom stereocenters. The highest BCUT2D eigenvalue weighted by Gasteiger charge is 2.39. The Morgan fingerprint density at radius 1 is 1.33 bits per heavy atom. The van der Waals surface area contributed by atoms with Crippen LogP contribution in [0.1, 0.15) is 0 Å². The summed E-state index contributed by atoms with van der Waals surface area (Å²) in [6.45, 7) is 0.852. The van der Waals surface area contributed by atoms with Gasteiger partial charge in [0.2, 0.25) is 0 Å². The number of rotatable bonds is 0. The number of nitrogens with zero attached hydrogens (tertiary/aromatic N) is 1. The number of fused-ring (bicyclic) bond motifs is 3. The highest BCUT2D eigenvalue weighted by molar-refractivity contribution is 5.93. The molecular formula is C10H10N2O3. The zero-order valence-corrected chi connectivity index (χ0v) is 7.97. The Morgan fingerprint density at radius 2 is 2.13 bits per heavy atom. The molecule has 2 heterocycles. The number of carbonyl (C=O) groups excluding carboxylic acids is 1. The first-order chi connectivity index (χ1) is 7.25. The van der Waals surface area contributed by atoms with Crippen molar-refractivity contribution < 1.29 is 14.3 Å². The van der Waals surface area contributed by atoms with Crippen LogP contribution in [0.4, 0.5) is 16.2 Å². The van der Waals surface area contributed by atoms with Crippen molar-refractivity contribution in [2.45, 2.75) is 6.04 Å². The van der Waals surface area contributed by atoms with E-state index >= 15 is 0 Å². The number of cyclic esters (lactones) is 1. The summed E-state index contributed by atoms with van der Waals surface area (Å²) in [6, 6.07) is 5.24. The van der Waals surface area contributed by atoms with Crippen molar-refractivity contribution in [3.63, 3.8) is 0 Å². The van der Waals surface area contributed by atoms with Crippen LogP contribution < -0.4 is 15.4 Å². The molecule has 5 heteroatoms. The Morgan fingerprint density at radius 3 is 3.00 bits per heavy atom. The van der Waals surface area contributed by atoms with E-state index in [-0.39, 0.29) is 12.1 Å². The van der Waals surface area contributed by atoms with E-state index in [4.69, 9.17) is 15.2 Å². The van der Waals surface area contributed by atoms with Crippen LogP contribution in [0.15, 0.2) is 18.2 Å². The monoisotopic (exact) mass is 206 g/mol. The van der Waals surface area contributed by atoms with Crippen LogP contribution in [-0.4, -0.2) is 25.3 Å². The van der Waals surface area contributed by atoms with Crippen molar-refractivity contribution in [1.29, 1.82) is 0 Å². The molecule has 2 aliphatic heterocycles. The Hall–Kier alpha value is -1.91. The maximum absolute atomic E-state index is 11.5. The lowest BCUT2D eigenvalue weighted by molar-refractivity contribution is 0.176. The van der Waals surface area contributed by atoms with E-state index in [9.17, 15) is 4.79 Å². The number of ether oxygens (including phenoxy) is 2. The van der Waals surface area contributed by atoms with E-state index in [1.807, 2.05) is 0 Å². The van der Waals surface area contributed by atoms with Crippen LogP contribution in [0, 0.1) is 0 Å². The summed E-state index contributed by atoms with van der Waals surface area (Å²) < 4.78 is 10.5. The second-order valence-corrected chi connectivity index (χ2v) is 3.64. The molecule has 78 valence electrons. The van der Waals surface area contributed by atoms with Crippen molar-refractivity contribution in [1.82, 2.24) is 0 Å². The van der Waals surface area contributed by atoms with Gasteiger partial charge in [0.05, 0.1) is 5.69 Å². The molecule has 5 nitrogen and oxygen atoms in total. The molecule has 0 aromatic heterocycles. The van der Waals surface area contributed by atoms with Crippen molar-refractivity contribution >= 4 is 17.5 Å². The van der Waals surface area contributed by atoms with Gasteiger partial charge in [0.25, 0.3) is 0 Å². The molecule has 0 spiro atoms. The molecule has 1 saturated heterocycles. The SMILES string of the molecule is Nc1ccc2c(c1)OCC1COC(=O)N21. The van der Waals surface area contributed by atoms with Gasteiger partial charge < -0.3 is 15.2 Å². The van der Waals surface area contributed by atoms with E-state index in [1.165, 1.54) is 0 Å². The van der Waals surface area contributed by atoms with Gasteiger partial charge in [-0.05, 0) is 12.1 Å². The largest absolute Gasteiger partial charge is 0.489 e. The Balaban J connectivity index is 2.10. The zero-order chi connectivity index (χ0) is 10.4. The van der Waals surface area contributed by atoms with Gasteiger partial charge in [-0.1, -0.05) is 0 Å². The quantitative estimate of drug-likeness (QED) is 0.643. The smallest absolute Gasteiger partial charge is 0.414 e. The highest BCUT2D eigenvalue weighted by atomic mass is 16.6. The predicted octanol–water partition coefficient (Wildman–Crippen LogP) is 0.986. The lowest BCUT2D eigenvalue weighted by Crippen LogP contribution is -2.41. The standard InChI is InChI=1S/C10H10N2O3/c11-6-1-2-8-9(3-6)14-4-7-5-15-10(13)12(7)8/h1-3,7H,4-5,11H2. The third-order valence-electron chi connectivity index (χ3n) is 2.64. The first kappa shape index (κ1) is 8.40. The van der Waals surface area contributed by atoms with Crippen LogP contribution in [-0.2, 0) is 4.74 Å². The lowest BCUT2D eigenvalue weighted by atomic mass is 10.2. The molecule has 1 aromatic carbocycles. The van der Waals surface area contributed by atoms with Crippen LogP contribution in [0.3, 0.4) is 0 Å². The molecular weight excluding hydrogens is 196 g/mol. The molecule has 0 saturated carbocycles. The number of carbonyl (C=O) groups is 1. The van der Waals surface area contributed by atoms with E-state index in [0.717, 1.165) is 5.69 Å². The van der Waals surface area contributed by atoms with Crippen molar-refractivity contribution in [3.8, 4) is 5.75 Å². The first-order valence-corrected chi connectivity index (χ1v) is 4.74. The van der Waals surface area contributed by atoms with Gasteiger partial charge in [-0.15, -0.1) is 0 Å². The fourth-order valence-electron chi connectivity index (χ4n) is 1.91. The van der Waals surface area contributed by atoms with Gasteiger partial charge in [-0.3, -0.25) is 4.90 Å². The van der Waals surface area contributed by atoms with Crippen molar-refractivity contribution in [2.24, 2.45) is 0 Å². The Kier molecular flexibility index (Phi) is 1.56. The Bertz CT molecular complexity index is 433. The van der Waals surface area contributed by atoms with Gasteiger partial charge in [0, 0.05) is 11.8 Å². The van der Waals surface area contributed by atoms with Gasteiger partial charge >= 0.3 is 6.09 Å². The molecule has 1 fully saturated rings. The summed E-state index contributed by atoms with van der Waals surface area (Å²) in [5.74, 6) is 0.644. The molecule has 2 aliphatic rings. The molecule has 15 heavy (non-hydrogen) atoms. The number of amides is 1. The number of benzene rings is 1. The number of nitrogen functional groups attached to an aromatic ring is 1. The fraction of sp³-hybridized carbons (Fsp3) is 0.300. The molecule has 1 amide bonds. The average molecular weight is 206 g/mol. The van der Waals surface area contributed by atoms with E-state index < -0.39 is 0 Å². The normalized spacial score (nSPS) is 22.8. The molecule has 0 bridgehead atoms. The molecule has 0 radical (unpaired) electrons. The summed E-state index contributed by atoms with van der Waals surface area (Å²) in [5.41, 5.74) is 7.00. The minimum atomic E-state index is -0.311. The van der Waals surface area contributed by atoms with Gasteiger partial charge in [0.15, 0.2) is 0 Å². The zero-order valence-electron chi connectivity index (χ0n) is 7.97. The minimum absolute atomic E-state index is 0.00590. The third kappa shape index (κ3) is 1.12. The first-order valence-electron chi connectivity index (χ1n) is 4.74. The third-order valence-corrected chi connectivity index (χ3v) is 2.64. The molecule has 0 aliphatic carbocycles. The summed E-state index contributed by atoms with van der Waals surface area (Å²) in [7, 11) is 0. The summed E-state index contributed by atoms with van der Waals surface area (Å²) in [5, 5.41) is 0. The van der Waals surface area contributed by atoms with Crippen LogP contribution in [0.2, 0.25) is 0 Å². The molecule has 1 unspecified atom stereocenters. The average Bonchev–Trinajstić information content (AvgIpc) is 2.60. The maximum atomic E-state index is 11.5. The Labute approximate surface area is 86.4 Å². The van der Waals surface area contributed by atoms with Crippen molar-refractivity contribution in [2.75, 3.05) is 23.8 Å². The van der Waals surface area contributed by atoms with Crippen molar-refractivity contribution in [3.05, 3.63) is 18.2 Å². The number of anilines is 2. The van der Waals surface area contributed by atoms with E-state index in [2.05, 4.69) is 0 Å². The summed E-state index contributed by atoms with van der Waals surface area (Å²) in [4.78, 5) is 13.1. The van der Waals surface area contributed by atoms with E-state index in [0.29, 0.717) is 24.7 Å². The highest BCUT2D eigenvalue weighted by Crippen LogP contribution is 2.37. The predicted molar refractivity (Wildman–Crippen MR) is 54.0 cm³/mol. The van der Waals surface area contributed by atoms with Crippen LogP contribution in [0.25, 0.3) is 0 Å². The number of hydrogen-bond acceptors (Lipinski definition) is 4. The molecule has 2 N–H and O–H groups in total. The van der Waals surface area contributed by atoms with Crippen LogP contribution >= 0.6 is 0 Å². The second kappa shape index (κ2) is 2.79. The molecule has 1 aromatic rings. The topological polar surface area (TPSA) is 64.8 Å². The lowest BCUT2D eigenvalue weighted by Gasteiger charge is -2.29. The van der Waals surface area contributed by atoms with Gasteiger partial charge in [-0.25, -0.2) is 4.79 Å². The fourth-order valence-corrected chi connectivity index (χ4v) is 1.91. The van der Waals surface area contributed by atoms with Gasteiger partial charge in [-0.2, -0.15) is 0 Å². The van der Waals surface area contributed by atoms with Crippen LogP contribution in [0.5, 0.6) is 5.75 Å². The molecule has 3 rings (SSSR count). The van der Waals surface area contributed by atoms with E-state index in [1.54, 1.807) is 23.1 Å². The number of hydrogen-bond donors (Lipinski definition) is 1. The summed E-state index contributed by atoms with van der Waals surface area (Å²) in [6.07, 6.45) is -0.311. The number of nitrogens with two attached hydrogens (primary N) is 1.